The van der Waals surface area contributed by atoms with Gasteiger partial charge in [0.15, 0.2) is 11.3 Å². The maximum absolute atomic E-state index is 11.6. The number of nitrogens with zero attached hydrogens (tertiary/aromatic N) is 3. The first-order valence-corrected chi connectivity index (χ1v) is 7.89. The number of rotatable bonds is 7. The normalized spacial score (nSPS) is 12.8. The maximum Gasteiger partial charge on any atom is 0.346 e. The van der Waals surface area contributed by atoms with Crippen LogP contribution in [0.3, 0.4) is 0 Å². The Kier molecular flexibility index (Phi) is 10.4. The van der Waals surface area contributed by atoms with Crippen molar-refractivity contribution in [3.63, 3.8) is 0 Å². The summed E-state index contributed by atoms with van der Waals surface area (Å²) in [7, 11) is 1.20. The van der Waals surface area contributed by atoms with Crippen molar-refractivity contribution in [2.45, 2.75) is 26.9 Å². The minimum absolute atomic E-state index is 0.0452. The lowest BCUT2D eigenvalue weighted by Gasteiger charge is -2.14. The van der Waals surface area contributed by atoms with Gasteiger partial charge in [0.25, 0.3) is 0 Å². The van der Waals surface area contributed by atoms with Gasteiger partial charge in [-0.05, 0) is 20.8 Å². The Morgan fingerprint density at radius 2 is 1.91 bits per heavy atom. The van der Waals surface area contributed by atoms with E-state index in [4.69, 9.17) is 10.5 Å². The monoisotopic (exact) mass is 346 g/mol. The first kappa shape index (κ1) is 20.9. The van der Waals surface area contributed by atoms with Crippen LogP contribution in [0.15, 0.2) is 9.98 Å². The number of thioether (sulfide) groups is 1. The SMILES string of the molecule is CCN(CC)C(=O)/N=C/N=C(N)SCC(=O)OC(C)C(=O)OC. The van der Waals surface area contributed by atoms with Crippen molar-refractivity contribution in [2.24, 2.45) is 15.7 Å². The minimum atomic E-state index is -0.987. The highest BCUT2D eigenvalue weighted by molar-refractivity contribution is 8.14. The summed E-state index contributed by atoms with van der Waals surface area (Å²) in [6, 6.07) is -0.414. The van der Waals surface area contributed by atoms with Gasteiger partial charge in [0.05, 0.1) is 12.9 Å². The van der Waals surface area contributed by atoms with Crippen molar-refractivity contribution < 1.29 is 23.9 Å². The third-order valence-corrected chi connectivity index (χ3v) is 3.35. The predicted molar refractivity (Wildman–Crippen MR) is 88.5 cm³/mol. The number of amidine groups is 1. The molecule has 0 saturated carbocycles. The summed E-state index contributed by atoms with van der Waals surface area (Å²) in [4.78, 5) is 43.0. The first-order chi connectivity index (χ1) is 10.8. The molecule has 1 atom stereocenters. The number of aliphatic imine (C=N–C) groups is 2. The Hall–Kier alpha value is -2.10. The molecule has 9 nitrogen and oxygen atoms in total. The molecule has 23 heavy (non-hydrogen) atoms. The van der Waals surface area contributed by atoms with E-state index < -0.39 is 24.1 Å². The summed E-state index contributed by atoms with van der Waals surface area (Å²) < 4.78 is 9.24. The van der Waals surface area contributed by atoms with Gasteiger partial charge < -0.3 is 20.1 Å². The van der Waals surface area contributed by atoms with Crippen LogP contribution in [0.2, 0.25) is 0 Å². The predicted octanol–water partition coefficient (Wildman–Crippen LogP) is 0.629. The highest BCUT2D eigenvalue weighted by Gasteiger charge is 2.18. The lowest BCUT2D eigenvalue weighted by atomic mass is 10.4. The van der Waals surface area contributed by atoms with Gasteiger partial charge in [-0.15, -0.1) is 0 Å². The molecule has 0 aliphatic heterocycles. The van der Waals surface area contributed by atoms with Crippen LogP contribution in [0.25, 0.3) is 0 Å². The van der Waals surface area contributed by atoms with E-state index in [9.17, 15) is 14.4 Å². The van der Waals surface area contributed by atoms with E-state index >= 15 is 0 Å². The van der Waals surface area contributed by atoms with Crippen LogP contribution in [0.4, 0.5) is 4.79 Å². The molecule has 0 rings (SSSR count). The van der Waals surface area contributed by atoms with Gasteiger partial charge in [-0.2, -0.15) is 4.99 Å². The Morgan fingerprint density at radius 3 is 2.43 bits per heavy atom. The average Bonchev–Trinajstić information content (AvgIpc) is 2.53. The number of esters is 2. The molecule has 0 aromatic rings. The lowest BCUT2D eigenvalue weighted by Crippen LogP contribution is -2.27. The van der Waals surface area contributed by atoms with Crippen LogP contribution in [0, 0.1) is 0 Å². The summed E-state index contributed by atoms with van der Waals surface area (Å²) in [6.45, 7) is 6.17. The van der Waals surface area contributed by atoms with Crippen molar-refractivity contribution in [1.29, 1.82) is 0 Å². The van der Waals surface area contributed by atoms with E-state index in [1.165, 1.54) is 18.9 Å². The van der Waals surface area contributed by atoms with E-state index in [0.717, 1.165) is 18.1 Å². The zero-order chi connectivity index (χ0) is 17.8. The zero-order valence-corrected chi connectivity index (χ0v) is 14.5. The Labute approximate surface area is 139 Å². The van der Waals surface area contributed by atoms with Gasteiger partial charge in [-0.1, -0.05) is 11.8 Å². The second-order valence-corrected chi connectivity index (χ2v) is 5.11. The Bertz CT molecular complexity index is 477. The number of nitrogens with two attached hydrogens (primary N) is 1. The number of urea groups is 1. The molecule has 2 N–H and O–H groups in total. The number of hydrogen-bond donors (Lipinski definition) is 1. The van der Waals surface area contributed by atoms with Gasteiger partial charge in [0.2, 0.25) is 0 Å². The first-order valence-electron chi connectivity index (χ1n) is 6.90. The van der Waals surface area contributed by atoms with Gasteiger partial charge in [0.1, 0.15) is 6.34 Å². The maximum atomic E-state index is 11.6. The molecule has 0 aliphatic rings. The number of carbonyl (C=O) groups is 3. The third-order valence-electron chi connectivity index (χ3n) is 2.57. The molecule has 0 bridgehead atoms. The van der Waals surface area contributed by atoms with E-state index in [0.29, 0.717) is 13.1 Å². The van der Waals surface area contributed by atoms with E-state index in [1.807, 2.05) is 13.8 Å². The molecule has 1 unspecified atom stereocenters. The van der Waals surface area contributed by atoms with E-state index in [2.05, 4.69) is 14.7 Å². The molecule has 0 aromatic carbocycles. The minimum Gasteiger partial charge on any atom is -0.466 e. The molecule has 2 amide bonds. The zero-order valence-electron chi connectivity index (χ0n) is 13.6. The summed E-state index contributed by atoms with van der Waals surface area (Å²) >= 11 is 0.902. The fraction of sp³-hybridized carbons (Fsp3) is 0.615. The van der Waals surface area contributed by atoms with Crippen LogP contribution in [-0.4, -0.2) is 66.4 Å². The van der Waals surface area contributed by atoms with Gasteiger partial charge in [-0.3, -0.25) is 4.79 Å². The van der Waals surface area contributed by atoms with Gasteiger partial charge in [-0.25, -0.2) is 14.6 Å². The standard InChI is InChI=1S/C13H22N4O5S/c1-5-17(6-2)13(20)16-8-15-12(14)23-7-10(18)22-9(3)11(19)21-4/h8-9H,5-7H2,1-4H3,(H2,14,15,16,20). The van der Waals surface area contributed by atoms with Crippen LogP contribution in [-0.2, 0) is 19.1 Å². The van der Waals surface area contributed by atoms with Crippen molar-refractivity contribution in [3.05, 3.63) is 0 Å². The van der Waals surface area contributed by atoms with Crippen molar-refractivity contribution in [3.8, 4) is 0 Å². The number of methoxy groups -OCH3 is 1. The molecule has 0 aromatic heterocycles. The van der Waals surface area contributed by atoms with Crippen molar-refractivity contribution in [1.82, 2.24) is 4.90 Å². The molecule has 10 heteroatoms. The van der Waals surface area contributed by atoms with Crippen molar-refractivity contribution in [2.75, 3.05) is 26.0 Å². The summed E-state index contributed by atoms with van der Waals surface area (Å²) in [5, 5.41) is 0.0452. The van der Waals surface area contributed by atoms with Gasteiger partial charge >= 0.3 is 18.0 Å². The molecule has 0 aliphatic carbocycles. The molecule has 0 radical (unpaired) electrons. The quantitative estimate of drug-likeness (QED) is 0.407. The summed E-state index contributed by atoms with van der Waals surface area (Å²) in [5.74, 6) is -1.41. The second-order valence-electron chi connectivity index (χ2n) is 4.11. The fourth-order valence-electron chi connectivity index (χ4n) is 1.33. The largest absolute Gasteiger partial charge is 0.466 e. The van der Waals surface area contributed by atoms with Gasteiger partial charge in [0, 0.05) is 13.1 Å². The average molecular weight is 346 g/mol. The highest BCUT2D eigenvalue weighted by Crippen LogP contribution is 2.03. The second kappa shape index (κ2) is 11.5. The fourth-order valence-corrected chi connectivity index (χ4v) is 1.78. The van der Waals surface area contributed by atoms with E-state index in [1.54, 1.807) is 0 Å². The highest BCUT2D eigenvalue weighted by atomic mass is 32.2. The smallest absolute Gasteiger partial charge is 0.346 e. The topological polar surface area (TPSA) is 124 Å². The van der Waals surface area contributed by atoms with Crippen LogP contribution < -0.4 is 5.73 Å². The van der Waals surface area contributed by atoms with E-state index in [-0.39, 0.29) is 10.9 Å². The molecule has 0 fully saturated rings. The third kappa shape index (κ3) is 8.81. The summed E-state index contributed by atoms with van der Waals surface area (Å²) in [5.41, 5.74) is 5.56. The molecule has 0 saturated heterocycles. The van der Waals surface area contributed by atoms with Crippen LogP contribution in [0.1, 0.15) is 20.8 Å². The van der Waals surface area contributed by atoms with Crippen LogP contribution in [0.5, 0.6) is 0 Å². The molecular weight excluding hydrogens is 324 g/mol. The number of carbonyl (C=O) groups excluding carboxylic acids is 3. The number of hydrogen-bond acceptors (Lipinski definition) is 6. The number of ether oxygens (including phenoxy) is 2. The Balaban J connectivity index is 4.28. The lowest BCUT2D eigenvalue weighted by molar-refractivity contribution is -0.162. The number of amides is 2. The summed E-state index contributed by atoms with van der Waals surface area (Å²) in [6.07, 6.45) is 0.0466. The van der Waals surface area contributed by atoms with Crippen LogP contribution >= 0.6 is 11.8 Å². The van der Waals surface area contributed by atoms with Crippen molar-refractivity contribution >= 4 is 41.2 Å². The molecular formula is C13H22N4O5S. The molecule has 130 valence electrons. The Morgan fingerprint density at radius 1 is 1.30 bits per heavy atom. The molecule has 0 spiro atoms. The molecule has 0 heterocycles.